The summed E-state index contributed by atoms with van der Waals surface area (Å²) >= 11 is 0. The monoisotopic (exact) mass is 225 g/mol. The van der Waals surface area contributed by atoms with Crippen molar-refractivity contribution in [3.8, 4) is 6.07 Å². The topological polar surface area (TPSA) is 59.3 Å². The minimum absolute atomic E-state index is 0.249. The minimum atomic E-state index is 0.249. The molecule has 1 fully saturated rings. The van der Waals surface area contributed by atoms with Crippen LogP contribution in [-0.2, 0) is 0 Å². The van der Waals surface area contributed by atoms with E-state index in [9.17, 15) is 0 Å². The van der Waals surface area contributed by atoms with Crippen molar-refractivity contribution in [2.45, 2.75) is 32.2 Å². The fourth-order valence-electron chi connectivity index (χ4n) is 2.36. The lowest BCUT2D eigenvalue weighted by Crippen LogP contribution is -2.49. The highest BCUT2D eigenvalue weighted by molar-refractivity contribution is 4.87. The van der Waals surface area contributed by atoms with Crippen LogP contribution >= 0.6 is 0 Å². The molecule has 1 aliphatic heterocycles. The van der Waals surface area contributed by atoms with Gasteiger partial charge in [0, 0.05) is 25.7 Å². The van der Waals surface area contributed by atoms with Crippen LogP contribution < -0.4 is 5.32 Å². The lowest BCUT2D eigenvalue weighted by atomic mass is 9.92. The Labute approximate surface area is 98.2 Å². The van der Waals surface area contributed by atoms with E-state index in [1.165, 1.54) is 12.8 Å². The summed E-state index contributed by atoms with van der Waals surface area (Å²) < 4.78 is 0. The van der Waals surface area contributed by atoms with Crippen LogP contribution in [-0.4, -0.2) is 48.8 Å². The minimum Gasteiger partial charge on any atom is -0.396 e. The molecular weight excluding hydrogens is 202 g/mol. The number of likely N-dealkylation sites (tertiary alicyclic amines) is 1. The number of hydrogen-bond donors (Lipinski definition) is 2. The maximum absolute atomic E-state index is 8.74. The molecule has 0 aliphatic carbocycles. The number of nitriles is 1. The first-order chi connectivity index (χ1) is 7.80. The number of rotatable bonds is 6. The number of aliphatic hydroxyl groups is 1. The third-order valence-electron chi connectivity index (χ3n) is 3.25. The SMILES string of the molecule is CCC1CC(NCCCO)CN(CC#N)C1. The Bertz CT molecular complexity index is 227. The van der Waals surface area contributed by atoms with Crippen LogP contribution in [0, 0.1) is 17.2 Å². The van der Waals surface area contributed by atoms with Crippen molar-refractivity contribution >= 4 is 0 Å². The van der Waals surface area contributed by atoms with E-state index in [4.69, 9.17) is 10.4 Å². The predicted molar refractivity (Wildman–Crippen MR) is 63.9 cm³/mol. The maximum atomic E-state index is 8.74. The molecular formula is C12H23N3O. The van der Waals surface area contributed by atoms with E-state index in [1.807, 2.05) is 0 Å². The van der Waals surface area contributed by atoms with Gasteiger partial charge in [0.1, 0.15) is 0 Å². The first-order valence-corrected chi connectivity index (χ1v) is 6.23. The average Bonchev–Trinajstić information content (AvgIpc) is 2.29. The Kier molecular flexibility index (Phi) is 6.39. The first-order valence-electron chi connectivity index (χ1n) is 6.23. The molecule has 0 spiro atoms. The van der Waals surface area contributed by atoms with Gasteiger partial charge in [-0.3, -0.25) is 4.90 Å². The largest absolute Gasteiger partial charge is 0.396 e. The van der Waals surface area contributed by atoms with Crippen molar-refractivity contribution in [1.29, 1.82) is 5.26 Å². The third kappa shape index (κ3) is 4.48. The Morgan fingerprint density at radius 3 is 2.94 bits per heavy atom. The molecule has 4 nitrogen and oxygen atoms in total. The lowest BCUT2D eigenvalue weighted by Gasteiger charge is -2.36. The van der Waals surface area contributed by atoms with Crippen molar-refractivity contribution in [3.63, 3.8) is 0 Å². The molecule has 2 atom stereocenters. The molecule has 2 N–H and O–H groups in total. The second-order valence-corrected chi connectivity index (χ2v) is 4.59. The molecule has 4 heteroatoms. The van der Waals surface area contributed by atoms with Gasteiger partial charge in [0.2, 0.25) is 0 Å². The predicted octanol–water partition coefficient (Wildman–Crippen LogP) is 0.582. The summed E-state index contributed by atoms with van der Waals surface area (Å²) in [6.07, 6.45) is 3.19. The Hall–Kier alpha value is -0.630. The van der Waals surface area contributed by atoms with E-state index in [1.54, 1.807) is 0 Å². The van der Waals surface area contributed by atoms with Crippen LogP contribution in [0.3, 0.4) is 0 Å². The molecule has 1 aliphatic rings. The van der Waals surface area contributed by atoms with E-state index < -0.39 is 0 Å². The van der Waals surface area contributed by atoms with Crippen molar-refractivity contribution in [2.24, 2.45) is 5.92 Å². The van der Waals surface area contributed by atoms with Crippen LogP contribution in [0.15, 0.2) is 0 Å². The van der Waals surface area contributed by atoms with Gasteiger partial charge in [-0.25, -0.2) is 0 Å². The van der Waals surface area contributed by atoms with Crippen LogP contribution in [0.2, 0.25) is 0 Å². The van der Waals surface area contributed by atoms with Crippen LogP contribution in [0.5, 0.6) is 0 Å². The molecule has 0 amide bonds. The van der Waals surface area contributed by atoms with Crippen molar-refractivity contribution in [2.75, 3.05) is 32.8 Å². The molecule has 1 saturated heterocycles. The zero-order valence-electron chi connectivity index (χ0n) is 10.2. The summed E-state index contributed by atoms with van der Waals surface area (Å²) in [7, 11) is 0. The summed E-state index contributed by atoms with van der Waals surface area (Å²) in [5.41, 5.74) is 0. The summed E-state index contributed by atoms with van der Waals surface area (Å²) in [5, 5.41) is 20.9. The summed E-state index contributed by atoms with van der Waals surface area (Å²) in [5.74, 6) is 0.703. The highest BCUT2D eigenvalue weighted by atomic mass is 16.3. The zero-order chi connectivity index (χ0) is 11.8. The normalized spacial score (nSPS) is 26.6. The number of nitrogens with one attached hydrogen (secondary N) is 1. The smallest absolute Gasteiger partial charge is 0.0866 e. The third-order valence-corrected chi connectivity index (χ3v) is 3.25. The Balaban J connectivity index is 2.35. The molecule has 1 heterocycles. The van der Waals surface area contributed by atoms with Crippen molar-refractivity contribution in [3.05, 3.63) is 0 Å². The quantitative estimate of drug-likeness (QED) is 0.513. The summed E-state index contributed by atoms with van der Waals surface area (Å²) in [6, 6.07) is 2.71. The maximum Gasteiger partial charge on any atom is 0.0866 e. The molecule has 0 aromatic heterocycles. The van der Waals surface area contributed by atoms with Gasteiger partial charge in [0.05, 0.1) is 12.6 Å². The average molecular weight is 225 g/mol. The van der Waals surface area contributed by atoms with Crippen LogP contribution in [0.1, 0.15) is 26.2 Å². The van der Waals surface area contributed by atoms with Gasteiger partial charge in [-0.1, -0.05) is 13.3 Å². The highest BCUT2D eigenvalue weighted by Gasteiger charge is 2.25. The van der Waals surface area contributed by atoms with Gasteiger partial charge in [-0.2, -0.15) is 5.26 Å². The van der Waals surface area contributed by atoms with Crippen molar-refractivity contribution in [1.82, 2.24) is 10.2 Å². The van der Waals surface area contributed by atoms with E-state index in [-0.39, 0.29) is 6.61 Å². The van der Waals surface area contributed by atoms with Gasteiger partial charge in [0.25, 0.3) is 0 Å². The first kappa shape index (κ1) is 13.4. The van der Waals surface area contributed by atoms with E-state index in [2.05, 4.69) is 23.2 Å². The Morgan fingerprint density at radius 2 is 2.31 bits per heavy atom. The number of hydrogen-bond acceptors (Lipinski definition) is 4. The summed E-state index contributed by atoms with van der Waals surface area (Å²) in [6.45, 7) is 5.90. The van der Waals surface area contributed by atoms with Crippen LogP contribution in [0.4, 0.5) is 0 Å². The lowest BCUT2D eigenvalue weighted by molar-refractivity contribution is 0.151. The van der Waals surface area contributed by atoms with E-state index in [0.29, 0.717) is 18.5 Å². The van der Waals surface area contributed by atoms with Gasteiger partial charge in [-0.05, 0) is 25.3 Å². The van der Waals surface area contributed by atoms with Gasteiger partial charge in [0.15, 0.2) is 0 Å². The van der Waals surface area contributed by atoms with Gasteiger partial charge >= 0.3 is 0 Å². The fourth-order valence-corrected chi connectivity index (χ4v) is 2.36. The number of nitrogens with zero attached hydrogens (tertiary/aromatic N) is 2. The molecule has 0 bridgehead atoms. The molecule has 92 valence electrons. The zero-order valence-corrected chi connectivity index (χ0v) is 10.2. The molecule has 1 rings (SSSR count). The fraction of sp³-hybridized carbons (Fsp3) is 0.917. The molecule has 0 aromatic rings. The number of aliphatic hydroxyl groups excluding tert-OH is 1. The highest BCUT2D eigenvalue weighted by Crippen LogP contribution is 2.19. The van der Waals surface area contributed by atoms with E-state index in [0.717, 1.165) is 26.1 Å². The number of piperidine rings is 1. The van der Waals surface area contributed by atoms with Gasteiger partial charge < -0.3 is 10.4 Å². The van der Waals surface area contributed by atoms with Crippen molar-refractivity contribution < 1.29 is 5.11 Å². The molecule has 0 aromatic carbocycles. The second-order valence-electron chi connectivity index (χ2n) is 4.59. The Morgan fingerprint density at radius 1 is 1.50 bits per heavy atom. The molecule has 16 heavy (non-hydrogen) atoms. The van der Waals surface area contributed by atoms with Crippen LogP contribution in [0.25, 0.3) is 0 Å². The molecule has 0 radical (unpaired) electrons. The standard InChI is InChI=1S/C12H23N3O/c1-2-11-8-12(14-5-3-7-16)10-15(9-11)6-4-13/h11-12,14,16H,2-3,5-10H2,1H3. The molecule has 2 unspecified atom stereocenters. The van der Waals surface area contributed by atoms with Gasteiger partial charge in [-0.15, -0.1) is 0 Å². The summed E-state index contributed by atoms with van der Waals surface area (Å²) in [4.78, 5) is 2.23. The van der Waals surface area contributed by atoms with E-state index >= 15 is 0 Å². The second kappa shape index (κ2) is 7.61. The molecule has 0 saturated carbocycles.